The van der Waals surface area contributed by atoms with Gasteiger partial charge in [-0.05, 0) is 61.4 Å². The van der Waals surface area contributed by atoms with E-state index < -0.39 is 4.92 Å². The molecule has 154 valence electrons. The summed E-state index contributed by atoms with van der Waals surface area (Å²) < 4.78 is 11.2. The Labute approximate surface area is 173 Å². The van der Waals surface area contributed by atoms with Crippen LogP contribution in [0.4, 0.5) is 11.6 Å². The number of nitro groups is 1. The maximum atomic E-state index is 10.8. The van der Waals surface area contributed by atoms with E-state index in [1.165, 1.54) is 12.1 Å². The Balaban J connectivity index is 1.68. The van der Waals surface area contributed by atoms with E-state index in [1.807, 2.05) is 26.0 Å². The molecule has 0 bridgehead atoms. The Kier molecular flexibility index (Phi) is 6.53. The van der Waals surface area contributed by atoms with Gasteiger partial charge in [-0.2, -0.15) is 5.10 Å². The molecule has 3 aromatic rings. The molecule has 9 heteroatoms. The van der Waals surface area contributed by atoms with Crippen LogP contribution in [-0.2, 0) is 6.61 Å². The summed E-state index contributed by atoms with van der Waals surface area (Å²) in [6.07, 6.45) is 1.62. The van der Waals surface area contributed by atoms with E-state index in [-0.39, 0.29) is 12.3 Å². The first kappa shape index (κ1) is 20.7. The average molecular weight is 407 g/mol. The van der Waals surface area contributed by atoms with Crippen molar-refractivity contribution in [3.8, 4) is 11.5 Å². The fourth-order valence-corrected chi connectivity index (χ4v) is 2.70. The maximum absolute atomic E-state index is 10.8. The zero-order valence-electron chi connectivity index (χ0n) is 16.8. The molecule has 2 aromatic carbocycles. The summed E-state index contributed by atoms with van der Waals surface area (Å²) in [5, 5.41) is 14.9. The topological polar surface area (TPSA) is 112 Å². The van der Waals surface area contributed by atoms with Crippen molar-refractivity contribution in [3.05, 3.63) is 81.2 Å². The number of hydrazone groups is 1. The minimum absolute atomic E-state index is 0.0369. The molecule has 0 unspecified atom stereocenters. The molecule has 0 aliphatic heterocycles. The number of nitro benzene ring substituents is 1. The van der Waals surface area contributed by atoms with Crippen LogP contribution in [0.25, 0.3) is 0 Å². The smallest absolute Gasteiger partial charge is 0.269 e. The van der Waals surface area contributed by atoms with E-state index in [1.54, 1.807) is 37.6 Å². The van der Waals surface area contributed by atoms with Gasteiger partial charge in [0.25, 0.3) is 5.69 Å². The number of nitrogens with zero attached hydrogens (tertiary/aromatic N) is 4. The second-order valence-corrected chi connectivity index (χ2v) is 6.47. The molecule has 0 aliphatic rings. The summed E-state index contributed by atoms with van der Waals surface area (Å²) in [4.78, 5) is 18.9. The lowest BCUT2D eigenvalue weighted by atomic mass is 10.2. The Hall–Kier alpha value is -4.01. The molecule has 30 heavy (non-hydrogen) atoms. The zero-order chi connectivity index (χ0) is 21.5. The van der Waals surface area contributed by atoms with Crippen molar-refractivity contribution in [2.24, 2.45) is 5.10 Å². The third-order valence-corrected chi connectivity index (χ3v) is 4.09. The number of nitrogens with one attached hydrogen (secondary N) is 1. The van der Waals surface area contributed by atoms with Gasteiger partial charge in [0.15, 0.2) is 11.5 Å². The van der Waals surface area contributed by atoms with E-state index in [4.69, 9.17) is 9.47 Å². The van der Waals surface area contributed by atoms with Gasteiger partial charge in [0.2, 0.25) is 5.95 Å². The highest BCUT2D eigenvalue weighted by atomic mass is 16.6. The number of benzene rings is 2. The number of methoxy groups -OCH3 is 1. The molecule has 0 aliphatic carbocycles. The number of rotatable bonds is 8. The quantitative estimate of drug-likeness (QED) is 0.341. The maximum Gasteiger partial charge on any atom is 0.269 e. The molecule has 0 spiro atoms. The van der Waals surface area contributed by atoms with Gasteiger partial charge >= 0.3 is 0 Å². The number of non-ortho nitro benzene ring substituents is 1. The van der Waals surface area contributed by atoms with E-state index >= 15 is 0 Å². The van der Waals surface area contributed by atoms with Crippen LogP contribution in [-0.4, -0.2) is 28.2 Å². The number of anilines is 1. The van der Waals surface area contributed by atoms with Gasteiger partial charge < -0.3 is 9.47 Å². The summed E-state index contributed by atoms with van der Waals surface area (Å²) in [6.45, 7) is 4.02. The zero-order valence-corrected chi connectivity index (χ0v) is 16.8. The minimum atomic E-state index is -0.437. The summed E-state index contributed by atoms with van der Waals surface area (Å²) in [6, 6.07) is 13.5. The molecule has 0 atom stereocenters. The Morgan fingerprint density at radius 1 is 1.07 bits per heavy atom. The van der Waals surface area contributed by atoms with Crippen LogP contribution in [0.2, 0.25) is 0 Å². The third-order valence-electron chi connectivity index (χ3n) is 4.09. The van der Waals surface area contributed by atoms with Crippen LogP contribution in [0.5, 0.6) is 11.5 Å². The van der Waals surface area contributed by atoms with E-state index in [0.29, 0.717) is 17.4 Å². The molecule has 0 amide bonds. The normalized spacial score (nSPS) is 10.8. The van der Waals surface area contributed by atoms with Crippen molar-refractivity contribution < 1.29 is 14.4 Å². The molecule has 0 saturated carbocycles. The molecular weight excluding hydrogens is 386 g/mol. The Morgan fingerprint density at radius 2 is 1.77 bits per heavy atom. The van der Waals surface area contributed by atoms with Gasteiger partial charge in [-0.15, -0.1) is 0 Å². The van der Waals surface area contributed by atoms with Crippen molar-refractivity contribution in [1.82, 2.24) is 9.97 Å². The highest BCUT2D eigenvalue weighted by Gasteiger charge is 2.08. The molecule has 0 radical (unpaired) electrons. The lowest BCUT2D eigenvalue weighted by Gasteiger charge is -2.11. The SMILES string of the molecule is COc1ccc(/C=N\Nc2nc(C)cc(C)n2)cc1OCc1ccc([N+](=O)[O-])cc1. The first-order valence-corrected chi connectivity index (χ1v) is 9.10. The number of aromatic nitrogens is 2. The monoisotopic (exact) mass is 407 g/mol. The molecule has 3 rings (SSSR count). The molecule has 0 fully saturated rings. The Morgan fingerprint density at radius 3 is 2.40 bits per heavy atom. The van der Waals surface area contributed by atoms with Crippen LogP contribution >= 0.6 is 0 Å². The van der Waals surface area contributed by atoms with Gasteiger partial charge in [-0.3, -0.25) is 10.1 Å². The van der Waals surface area contributed by atoms with Gasteiger partial charge in [0, 0.05) is 23.5 Å². The van der Waals surface area contributed by atoms with Crippen LogP contribution in [0.15, 0.2) is 53.6 Å². The summed E-state index contributed by atoms with van der Waals surface area (Å²) >= 11 is 0. The molecule has 0 saturated heterocycles. The molecule has 9 nitrogen and oxygen atoms in total. The van der Waals surface area contributed by atoms with E-state index in [0.717, 1.165) is 22.5 Å². The predicted octanol–water partition coefficient (Wildman–Crippen LogP) is 4.04. The third kappa shape index (κ3) is 5.51. The molecule has 1 aromatic heterocycles. The highest BCUT2D eigenvalue weighted by Crippen LogP contribution is 2.28. The van der Waals surface area contributed by atoms with Gasteiger partial charge in [-0.25, -0.2) is 15.4 Å². The van der Waals surface area contributed by atoms with Crippen molar-refractivity contribution in [2.75, 3.05) is 12.5 Å². The van der Waals surface area contributed by atoms with Gasteiger partial charge in [0.1, 0.15) is 6.61 Å². The summed E-state index contributed by atoms with van der Waals surface area (Å²) in [7, 11) is 1.56. The van der Waals surface area contributed by atoms with Crippen molar-refractivity contribution in [2.45, 2.75) is 20.5 Å². The summed E-state index contributed by atoms with van der Waals surface area (Å²) in [5.41, 5.74) is 6.14. The van der Waals surface area contributed by atoms with E-state index in [2.05, 4.69) is 20.5 Å². The number of aryl methyl sites for hydroxylation is 2. The minimum Gasteiger partial charge on any atom is -0.493 e. The van der Waals surface area contributed by atoms with Crippen molar-refractivity contribution in [1.29, 1.82) is 0 Å². The summed E-state index contributed by atoms with van der Waals surface area (Å²) in [5.74, 6) is 1.52. The lowest BCUT2D eigenvalue weighted by Crippen LogP contribution is -2.01. The second kappa shape index (κ2) is 9.46. The standard InChI is InChI=1S/C21H21N5O4/c1-14-10-15(2)24-21(23-14)25-22-12-17-6-9-19(29-3)20(11-17)30-13-16-4-7-18(8-5-16)26(27)28/h4-12H,13H2,1-3H3,(H,23,24,25)/b22-12-. The first-order chi connectivity index (χ1) is 14.4. The average Bonchev–Trinajstić information content (AvgIpc) is 2.72. The number of ether oxygens (including phenoxy) is 2. The number of hydrogen-bond acceptors (Lipinski definition) is 8. The number of hydrogen-bond donors (Lipinski definition) is 1. The van der Waals surface area contributed by atoms with Crippen molar-refractivity contribution in [3.63, 3.8) is 0 Å². The molecule has 1 heterocycles. The van der Waals surface area contributed by atoms with Crippen LogP contribution in [0, 0.1) is 24.0 Å². The lowest BCUT2D eigenvalue weighted by molar-refractivity contribution is -0.384. The predicted molar refractivity (Wildman–Crippen MR) is 113 cm³/mol. The van der Waals surface area contributed by atoms with E-state index in [9.17, 15) is 10.1 Å². The Bertz CT molecular complexity index is 1050. The fraction of sp³-hybridized carbons (Fsp3) is 0.190. The van der Waals surface area contributed by atoms with Crippen LogP contribution in [0.1, 0.15) is 22.5 Å². The molecule has 1 N–H and O–H groups in total. The van der Waals surface area contributed by atoms with Gasteiger partial charge in [0.05, 0.1) is 18.2 Å². The van der Waals surface area contributed by atoms with Crippen LogP contribution < -0.4 is 14.9 Å². The van der Waals surface area contributed by atoms with Crippen LogP contribution in [0.3, 0.4) is 0 Å². The van der Waals surface area contributed by atoms with Crippen molar-refractivity contribution >= 4 is 17.9 Å². The first-order valence-electron chi connectivity index (χ1n) is 9.10. The molecular formula is C21H21N5O4. The van der Waals surface area contributed by atoms with Gasteiger partial charge in [-0.1, -0.05) is 0 Å². The largest absolute Gasteiger partial charge is 0.493 e. The highest BCUT2D eigenvalue weighted by molar-refractivity contribution is 5.81. The fourth-order valence-electron chi connectivity index (χ4n) is 2.70. The second-order valence-electron chi connectivity index (χ2n) is 6.47.